The van der Waals surface area contributed by atoms with E-state index in [4.69, 9.17) is 16.7 Å². The van der Waals surface area contributed by atoms with Crippen LogP contribution >= 0.6 is 11.6 Å². The summed E-state index contributed by atoms with van der Waals surface area (Å²) in [6, 6.07) is 2.10. The van der Waals surface area contributed by atoms with Gasteiger partial charge < -0.3 is 5.11 Å². The first-order valence-corrected chi connectivity index (χ1v) is 8.68. The van der Waals surface area contributed by atoms with Crippen molar-refractivity contribution < 1.29 is 32.7 Å². The van der Waals surface area contributed by atoms with Gasteiger partial charge in [-0.3, -0.25) is 19.3 Å². The van der Waals surface area contributed by atoms with Crippen LogP contribution in [0.3, 0.4) is 0 Å². The van der Waals surface area contributed by atoms with Crippen LogP contribution in [0, 0.1) is 5.92 Å². The summed E-state index contributed by atoms with van der Waals surface area (Å²) in [4.78, 5) is 38.5. The molecule has 0 bridgehead atoms. The van der Waals surface area contributed by atoms with Gasteiger partial charge in [-0.1, -0.05) is 11.6 Å². The molecule has 0 radical (unpaired) electrons. The van der Waals surface area contributed by atoms with Crippen molar-refractivity contribution in [2.75, 3.05) is 18.0 Å². The zero-order valence-corrected chi connectivity index (χ0v) is 14.8. The summed E-state index contributed by atoms with van der Waals surface area (Å²) < 4.78 is 39.2. The quantitative estimate of drug-likeness (QED) is 0.784. The molecule has 1 aromatic carbocycles. The van der Waals surface area contributed by atoms with Gasteiger partial charge in [0.05, 0.1) is 34.7 Å². The van der Waals surface area contributed by atoms with E-state index in [1.807, 2.05) is 0 Å². The highest BCUT2D eigenvalue weighted by Crippen LogP contribution is 2.38. The van der Waals surface area contributed by atoms with Gasteiger partial charge in [0.1, 0.15) is 0 Å². The van der Waals surface area contributed by atoms with E-state index in [0.717, 1.165) is 11.0 Å². The number of halogens is 4. The topological polar surface area (TPSA) is 77.9 Å². The van der Waals surface area contributed by atoms with Crippen molar-refractivity contribution in [3.8, 4) is 0 Å². The maximum Gasteiger partial charge on any atom is 0.417 e. The maximum absolute atomic E-state index is 13.1. The Morgan fingerprint density at radius 2 is 1.81 bits per heavy atom. The number of likely N-dealkylation sites (tertiary alicyclic amines) is 1. The molecule has 2 amide bonds. The minimum Gasteiger partial charge on any atom is -0.481 e. The van der Waals surface area contributed by atoms with Gasteiger partial charge in [0.25, 0.3) is 5.91 Å². The van der Waals surface area contributed by atoms with Gasteiger partial charge >= 0.3 is 12.1 Å². The zero-order valence-electron chi connectivity index (χ0n) is 14.0. The van der Waals surface area contributed by atoms with Crippen molar-refractivity contribution in [1.29, 1.82) is 0 Å². The van der Waals surface area contributed by atoms with Gasteiger partial charge in [0.15, 0.2) is 0 Å². The first kappa shape index (κ1) is 19.6. The minimum atomic E-state index is -4.71. The van der Waals surface area contributed by atoms with E-state index in [-0.39, 0.29) is 12.1 Å². The molecular formula is C17H16ClF3N2O4. The normalized spacial score (nSPS) is 22.5. The van der Waals surface area contributed by atoms with Crippen LogP contribution in [-0.2, 0) is 20.6 Å². The zero-order chi connectivity index (χ0) is 19.9. The van der Waals surface area contributed by atoms with Crippen LogP contribution in [0.15, 0.2) is 18.2 Å². The molecule has 0 saturated carbocycles. The number of nitrogens with zero attached hydrogens (tertiary/aromatic N) is 2. The van der Waals surface area contributed by atoms with E-state index in [9.17, 15) is 27.6 Å². The molecule has 2 fully saturated rings. The number of hydrogen-bond donors (Lipinski definition) is 1. The first-order chi connectivity index (χ1) is 12.6. The van der Waals surface area contributed by atoms with Crippen LogP contribution in [0.25, 0.3) is 0 Å². The second-order valence-electron chi connectivity index (χ2n) is 6.60. The number of imide groups is 1. The van der Waals surface area contributed by atoms with Crippen molar-refractivity contribution in [2.45, 2.75) is 31.5 Å². The molecule has 0 unspecified atom stereocenters. The average molecular weight is 405 g/mol. The molecule has 0 spiro atoms. The number of piperidine rings is 1. The Morgan fingerprint density at radius 3 is 2.37 bits per heavy atom. The van der Waals surface area contributed by atoms with E-state index in [1.165, 1.54) is 6.07 Å². The standard InChI is InChI=1S/C17H16ClF3N2O4/c18-12-2-1-10(7-11(12)17(19,20)21)23-14(24)8-13(15(23)25)22-5-3-9(4-6-22)16(26)27/h1-2,7,9,13H,3-6,8H2,(H,26,27)/t13-/m1/s1. The fourth-order valence-electron chi connectivity index (χ4n) is 3.50. The molecule has 2 aliphatic heterocycles. The number of rotatable bonds is 3. The molecule has 0 aliphatic carbocycles. The lowest BCUT2D eigenvalue weighted by Gasteiger charge is -2.33. The molecule has 3 rings (SSSR count). The van der Waals surface area contributed by atoms with Crippen molar-refractivity contribution in [3.63, 3.8) is 0 Å². The summed E-state index contributed by atoms with van der Waals surface area (Å²) in [7, 11) is 0. The number of hydrogen-bond acceptors (Lipinski definition) is 4. The van der Waals surface area contributed by atoms with Crippen molar-refractivity contribution >= 4 is 35.1 Å². The highest BCUT2D eigenvalue weighted by Gasteiger charge is 2.44. The lowest BCUT2D eigenvalue weighted by atomic mass is 9.96. The van der Waals surface area contributed by atoms with Gasteiger partial charge in [-0.15, -0.1) is 0 Å². The Labute approximate surface area is 157 Å². The van der Waals surface area contributed by atoms with E-state index in [1.54, 1.807) is 4.90 Å². The van der Waals surface area contributed by atoms with E-state index in [2.05, 4.69) is 0 Å². The predicted molar refractivity (Wildman–Crippen MR) is 89.3 cm³/mol. The minimum absolute atomic E-state index is 0.152. The molecule has 10 heteroatoms. The fraction of sp³-hybridized carbons (Fsp3) is 0.471. The number of carboxylic acid groups (broad SMARTS) is 1. The average Bonchev–Trinajstić information content (AvgIpc) is 2.89. The summed E-state index contributed by atoms with van der Waals surface area (Å²) in [6.45, 7) is 0.672. The number of alkyl halides is 3. The van der Waals surface area contributed by atoms with E-state index in [0.29, 0.717) is 32.0 Å². The third-order valence-corrected chi connectivity index (χ3v) is 5.29. The van der Waals surface area contributed by atoms with Crippen LogP contribution in [0.4, 0.5) is 18.9 Å². The second-order valence-corrected chi connectivity index (χ2v) is 7.00. The molecule has 2 heterocycles. The van der Waals surface area contributed by atoms with Crippen LogP contribution in [-0.4, -0.2) is 46.9 Å². The Morgan fingerprint density at radius 1 is 1.19 bits per heavy atom. The molecule has 1 atom stereocenters. The Bertz CT molecular complexity index is 791. The number of carboxylic acids is 1. The summed E-state index contributed by atoms with van der Waals surface area (Å²) in [5.74, 6) is -2.59. The van der Waals surface area contributed by atoms with Crippen LogP contribution < -0.4 is 4.90 Å². The number of benzene rings is 1. The smallest absolute Gasteiger partial charge is 0.417 e. The predicted octanol–water partition coefficient (Wildman–Crippen LogP) is 2.79. The molecular weight excluding hydrogens is 389 g/mol. The van der Waals surface area contributed by atoms with Crippen molar-refractivity contribution in [2.24, 2.45) is 5.92 Å². The third-order valence-electron chi connectivity index (χ3n) is 4.96. The third kappa shape index (κ3) is 3.79. The summed E-state index contributed by atoms with van der Waals surface area (Å²) >= 11 is 5.59. The monoisotopic (exact) mass is 404 g/mol. The fourth-order valence-corrected chi connectivity index (χ4v) is 3.72. The number of anilines is 1. The van der Waals surface area contributed by atoms with Gasteiger partial charge in [0.2, 0.25) is 5.91 Å². The van der Waals surface area contributed by atoms with Crippen molar-refractivity contribution in [1.82, 2.24) is 4.90 Å². The number of amides is 2. The van der Waals surface area contributed by atoms with E-state index < -0.39 is 46.5 Å². The van der Waals surface area contributed by atoms with Crippen molar-refractivity contribution in [3.05, 3.63) is 28.8 Å². The van der Waals surface area contributed by atoms with Gasteiger partial charge in [-0.2, -0.15) is 13.2 Å². The molecule has 146 valence electrons. The molecule has 2 saturated heterocycles. The SMILES string of the molecule is O=C(O)C1CCN([C@@H]2CC(=O)N(c3ccc(Cl)c(C(F)(F)F)c3)C2=O)CC1. The van der Waals surface area contributed by atoms with Gasteiger partial charge in [-0.25, -0.2) is 4.90 Å². The van der Waals surface area contributed by atoms with Gasteiger partial charge in [-0.05, 0) is 44.1 Å². The summed E-state index contributed by atoms with van der Waals surface area (Å²) in [5, 5.41) is 8.52. The lowest BCUT2D eigenvalue weighted by molar-refractivity contribution is -0.143. The molecule has 0 aromatic heterocycles. The highest BCUT2D eigenvalue weighted by atomic mass is 35.5. The second kappa shape index (κ2) is 7.12. The Hall–Kier alpha value is -2.13. The largest absolute Gasteiger partial charge is 0.481 e. The lowest BCUT2D eigenvalue weighted by Crippen LogP contribution is -2.46. The number of aliphatic carboxylic acids is 1. The Balaban J connectivity index is 1.80. The Kier molecular flexibility index (Phi) is 5.18. The number of carbonyl (C=O) groups excluding carboxylic acids is 2. The maximum atomic E-state index is 13.1. The summed E-state index contributed by atoms with van der Waals surface area (Å²) in [5.41, 5.74) is -1.29. The molecule has 2 aliphatic rings. The molecule has 27 heavy (non-hydrogen) atoms. The highest BCUT2D eigenvalue weighted by molar-refractivity contribution is 6.31. The first-order valence-electron chi connectivity index (χ1n) is 8.30. The van der Waals surface area contributed by atoms with Crippen LogP contribution in [0.2, 0.25) is 5.02 Å². The summed E-state index contributed by atoms with van der Waals surface area (Å²) in [6.07, 6.45) is -4.16. The van der Waals surface area contributed by atoms with Crippen LogP contribution in [0.1, 0.15) is 24.8 Å². The molecule has 1 aromatic rings. The van der Waals surface area contributed by atoms with E-state index >= 15 is 0 Å². The molecule has 1 N–H and O–H groups in total. The van der Waals surface area contributed by atoms with Crippen LogP contribution in [0.5, 0.6) is 0 Å². The number of carbonyl (C=O) groups is 3. The van der Waals surface area contributed by atoms with Gasteiger partial charge in [0, 0.05) is 0 Å². The molecule has 6 nitrogen and oxygen atoms in total.